The van der Waals surface area contributed by atoms with Gasteiger partial charge in [0.15, 0.2) is 5.82 Å². The minimum absolute atomic E-state index is 0.0655. The van der Waals surface area contributed by atoms with Crippen LogP contribution < -0.4 is 0 Å². The van der Waals surface area contributed by atoms with E-state index in [9.17, 15) is 9.90 Å². The molecular weight excluding hydrogens is 284 g/mol. The molecule has 0 saturated heterocycles. The molecule has 0 amide bonds. The Bertz CT molecular complexity index is 792. The molecule has 0 aliphatic carbocycles. The second kappa shape index (κ2) is 6.00. The summed E-state index contributed by atoms with van der Waals surface area (Å²) in [6, 6.07) is 3.76. The molecule has 22 heavy (non-hydrogen) atoms. The molecule has 2 N–H and O–H groups in total. The van der Waals surface area contributed by atoms with Crippen molar-refractivity contribution in [2.24, 2.45) is 0 Å². The lowest BCUT2D eigenvalue weighted by Gasteiger charge is -2.00. The molecule has 0 aromatic carbocycles. The molecule has 0 aliphatic rings. The first kappa shape index (κ1) is 13.7. The molecule has 0 unspecified atom stereocenters. The van der Waals surface area contributed by atoms with E-state index < -0.39 is 5.78 Å². The van der Waals surface area contributed by atoms with Crippen LogP contribution in [0.25, 0.3) is 5.76 Å². The molecule has 3 aromatic rings. The van der Waals surface area contributed by atoms with Crippen LogP contribution in [-0.4, -0.2) is 40.8 Å². The van der Waals surface area contributed by atoms with E-state index >= 15 is 0 Å². The second-order valence-corrected chi connectivity index (χ2v) is 4.51. The van der Waals surface area contributed by atoms with Crippen LogP contribution in [0.15, 0.2) is 49.3 Å². The smallest absolute Gasteiger partial charge is 0.226 e. The van der Waals surface area contributed by atoms with Gasteiger partial charge in [-0.3, -0.25) is 19.6 Å². The normalized spacial score (nSPS) is 11.5. The van der Waals surface area contributed by atoms with Crippen molar-refractivity contribution >= 4 is 11.5 Å². The lowest BCUT2D eigenvalue weighted by Crippen LogP contribution is -2.00. The van der Waals surface area contributed by atoms with Gasteiger partial charge in [-0.2, -0.15) is 10.2 Å². The lowest BCUT2D eigenvalue weighted by atomic mass is 10.2. The Hall–Kier alpha value is -3.29. The summed E-state index contributed by atoms with van der Waals surface area (Å²) in [5.74, 6) is -0.574. The summed E-state index contributed by atoms with van der Waals surface area (Å²) >= 11 is 0. The molecule has 0 bridgehead atoms. The molecule has 0 fully saturated rings. The number of aromatic amines is 1. The highest BCUT2D eigenvalue weighted by molar-refractivity contribution is 6.05. The van der Waals surface area contributed by atoms with E-state index in [-0.39, 0.29) is 11.6 Å². The van der Waals surface area contributed by atoms with Crippen LogP contribution in [0.4, 0.5) is 0 Å². The number of hydrogen-bond donors (Lipinski definition) is 2. The third-order valence-corrected chi connectivity index (χ3v) is 2.94. The van der Waals surface area contributed by atoms with Gasteiger partial charge < -0.3 is 5.11 Å². The van der Waals surface area contributed by atoms with Gasteiger partial charge in [0.25, 0.3) is 0 Å². The summed E-state index contributed by atoms with van der Waals surface area (Å²) in [5, 5.41) is 20.2. The zero-order chi connectivity index (χ0) is 15.4. The minimum atomic E-state index is -0.461. The first-order chi connectivity index (χ1) is 10.7. The highest BCUT2D eigenvalue weighted by atomic mass is 16.3. The summed E-state index contributed by atoms with van der Waals surface area (Å²) in [6.45, 7) is 0.547. The number of aliphatic hydroxyl groups is 1. The molecule has 0 spiro atoms. The topological polar surface area (TPSA) is 110 Å². The van der Waals surface area contributed by atoms with Crippen molar-refractivity contribution in [3.63, 3.8) is 0 Å². The SMILES string of the molecule is O=C(C=C(O)c1cnn(Cc2ccncc2)c1)c1ncn[nH]1. The number of pyridine rings is 1. The molecule has 3 heterocycles. The Kier molecular flexibility index (Phi) is 3.73. The molecule has 0 radical (unpaired) electrons. The number of aromatic nitrogens is 6. The Morgan fingerprint density at radius 3 is 2.91 bits per heavy atom. The van der Waals surface area contributed by atoms with Gasteiger partial charge in [-0.05, 0) is 17.7 Å². The molecule has 0 atom stereocenters. The number of ketones is 1. The maximum absolute atomic E-state index is 11.8. The van der Waals surface area contributed by atoms with Crippen molar-refractivity contribution in [3.8, 4) is 0 Å². The van der Waals surface area contributed by atoms with E-state index in [1.807, 2.05) is 12.1 Å². The van der Waals surface area contributed by atoms with Crippen LogP contribution in [0.2, 0.25) is 0 Å². The summed E-state index contributed by atoms with van der Waals surface area (Å²) < 4.78 is 1.66. The summed E-state index contributed by atoms with van der Waals surface area (Å²) in [5.41, 5.74) is 1.48. The number of carbonyl (C=O) groups excluding carboxylic acids is 1. The summed E-state index contributed by atoms with van der Waals surface area (Å²) in [4.78, 5) is 19.5. The summed E-state index contributed by atoms with van der Waals surface area (Å²) in [6.07, 6.45) is 8.85. The van der Waals surface area contributed by atoms with Crippen molar-refractivity contribution in [1.29, 1.82) is 0 Å². The molecule has 3 rings (SSSR count). The summed E-state index contributed by atoms with van der Waals surface area (Å²) in [7, 11) is 0. The average molecular weight is 296 g/mol. The van der Waals surface area contributed by atoms with Gasteiger partial charge in [-0.15, -0.1) is 0 Å². The van der Waals surface area contributed by atoms with Gasteiger partial charge in [0, 0.05) is 24.7 Å². The molecule has 8 heteroatoms. The molecule has 110 valence electrons. The predicted molar refractivity (Wildman–Crippen MR) is 76.9 cm³/mol. The van der Waals surface area contributed by atoms with E-state index in [0.717, 1.165) is 11.6 Å². The average Bonchev–Trinajstić information content (AvgIpc) is 3.19. The quantitative estimate of drug-likeness (QED) is 0.416. The number of rotatable bonds is 5. The number of hydrogen-bond acceptors (Lipinski definition) is 6. The van der Waals surface area contributed by atoms with E-state index in [2.05, 4.69) is 25.3 Å². The maximum atomic E-state index is 11.8. The fourth-order valence-electron chi connectivity index (χ4n) is 1.86. The number of allylic oxidation sites excluding steroid dienone is 1. The molecule has 3 aromatic heterocycles. The molecule has 0 aliphatic heterocycles. The molecule has 0 saturated carbocycles. The Balaban J connectivity index is 1.74. The zero-order valence-corrected chi connectivity index (χ0v) is 11.4. The molecule has 8 nitrogen and oxygen atoms in total. The zero-order valence-electron chi connectivity index (χ0n) is 11.4. The number of nitrogens with zero attached hydrogens (tertiary/aromatic N) is 5. The Morgan fingerprint density at radius 1 is 1.36 bits per heavy atom. The number of carbonyl (C=O) groups is 1. The maximum Gasteiger partial charge on any atom is 0.226 e. The molecular formula is C14H12N6O2. The van der Waals surface area contributed by atoms with Crippen LogP contribution in [0, 0.1) is 0 Å². The van der Waals surface area contributed by atoms with Crippen molar-refractivity contribution in [2.45, 2.75) is 6.54 Å². The van der Waals surface area contributed by atoms with Crippen LogP contribution in [0.3, 0.4) is 0 Å². The van der Waals surface area contributed by atoms with Crippen LogP contribution in [-0.2, 0) is 6.54 Å². The van der Waals surface area contributed by atoms with Crippen molar-refractivity contribution in [2.75, 3.05) is 0 Å². The first-order valence-electron chi connectivity index (χ1n) is 6.44. The third kappa shape index (κ3) is 3.06. The van der Waals surface area contributed by atoms with E-state index in [1.165, 1.54) is 12.5 Å². The fourth-order valence-corrected chi connectivity index (χ4v) is 1.86. The second-order valence-electron chi connectivity index (χ2n) is 4.51. The lowest BCUT2D eigenvalue weighted by molar-refractivity contribution is 0.103. The minimum Gasteiger partial charge on any atom is -0.507 e. The van der Waals surface area contributed by atoms with Crippen LogP contribution in [0.1, 0.15) is 21.7 Å². The fraction of sp³-hybridized carbons (Fsp3) is 0.0714. The monoisotopic (exact) mass is 296 g/mol. The van der Waals surface area contributed by atoms with Crippen molar-refractivity contribution in [1.82, 2.24) is 29.9 Å². The Labute approximate surface area is 125 Å². The third-order valence-electron chi connectivity index (χ3n) is 2.94. The standard InChI is InChI=1S/C14H12N6O2/c21-12(5-13(22)14-16-9-17-19-14)11-6-18-20(8-11)7-10-1-3-15-4-2-10/h1-6,8-9,21H,7H2,(H,16,17,19). The van der Waals surface area contributed by atoms with Crippen molar-refractivity contribution < 1.29 is 9.90 Å². The van der Waals surface area contributed by atoms with Gasteiger partial charge in [0.05, 0.1) is 18.3 Å². The number of H-pyrrole nitrogens is 1. The van der Waals surface area contributed by atoms with Gasteiger partial charge in [0.2, 0.25) is 5.78 Å². The van der Waals surface area contributed by atoms with Gasteiger partial charge in [-0.25, -0.2) is 4.98 Å². The van der Waals surface area contributed by atoms with Crippen molar-refractivity contribution in [3.05, 3.63) is 66.3 Å². The first-order valence-corrected chi connectivity index (χ1v) is 6.44. The van der Waals surface area contributed by atoms with Gasteiger partial charge in [0.1, 0.15) is 12.1 Å². The van der Waals surface area contributed by atoms with E-state index in [1.54, 1.807) is 23.3 Å². The van der Waals surface area contributed by atoms with Gasteiger partial charge in [-0.1, -0.05) is 0 Å². The Morgan fingerprint density at radius 2 is 2.18 bits per heavy atom. The predicted octanol–water partition coefficient (Wildman–Crippen LogP) is 1.23. The number of nitrogens with one attached hydrogen (secondary N) is 1. The van der Waals surface area contributed by atoms with E-state index in [4.69, 9.17) is 0 Å². The highest BCUT2D eigenvalue weighted by Gasteiger charge is 2.10. The van der Waals surface area contributed by atoms with Gasteiger partial charge >= 0.3 is 0 Å². The largest absolute Gasteiger partial charge is 0.507 e. The van der Waals surface area contributed by atoms with Crippen LogP contribution in [0.5, 0.6) is 0 Å². The highest BCUT2D eigenvalue weighted by Crippen LogP contribution is 2.12. The number of aliphatic hydroxyl groups excluding tert-OH is 1. The van der Waals surface area contributed by atoms with E-state index in [0.29, 0.717) is 12.1 Å². The van der Waals surface area contributed by atoms with Crippen LogP contribution >= 0.6 is 0 Å².